The van der Waals surface area contributed by atoms with Gasteiger partial charge in [0.2, 0.25) is 5.91 Å². The van der Waals surface area contributed by atoms with Crippen LogP contribution in [0, 0.1) is 5.92 Å². The van der Waals surface area contributed by atoms with Gasteiger partial charge in [-0.15, -0.1) is 0 Å². The summed E-state index contributed by atoms with van der Waals surface area (Å²) in [5, 5.41) is 0. The van der Waals surface area contributed by atoms with Gasteiger partial charge in [0.05, 0.1) is 6.04 Å². The zero-order valence-electron chi connectivity index (χ0n) is 13.3. The number of hydrogen-bond acceptors (Lipinski definition) is 2. The molecule has 3 heteroatoms. The smallest absolute Gasteiger partial charge is 0.223 e. The van der Waals surface area contributed by atoms with Crippen molar-refractivity contribution in [1.29, 1.82) is 0 Å². The zero-order chi connectivity index (χ0) is 15.2. The Bertz CT molecular complexity index is 464. The number of carbonyl (C=O) groups excluding carboxylic acids is 1. The molecular weight excluding hydrogens is 260 g/mol. The predicted octanol–water partition coefficient (Wildman–Crippen LogP) is 4.15. The van der Waals surface area contributed by atoms with Gasteiger partial charge in [0.15, 0.2) is 0 Å². The minimum atomic E-state index is 0.0757. The first-order valence-electron chi connectivity index (χ1n) is 8.19. The summed E-state index contributed by atoms with van der Waals surface area (Å²) < 4.78 is 0. The third-order valence-corrected chi connectivity index (χ3v) is 4.81. The van der Waals surface area contributed by atoms with Crippen molar-refractivity contribution < 1.29 is 4.79 Å². The number of rotatable bonds is 4. The van der Waals surface area contributed by atoms with Crippen molar-refractivity contribution in [1.82, 2.24) is 4.90 Å². The SMILES string of the molecule is CC(c1cccc(N)c1)N(C)C(=O)CC1CCCCCC1. The summed E-state index contributed by atoms with van der Waals surface area (Å²) in [4.78, 5) is 14.4. The van der Waals surface area contributed by atoms with E-state index in [1.54, 1.807) is 0 Å². The largest absolute Gasteiger partial charge is 0.399 e. The molecule has 1 amide bonds. The number of amides is 1. The topological polar surface area (TPSA) is 46.3 Å². The Morgan fingerprint density at radius 2 is 1.95 bits per heavy atom. The number of carbonyl (C=O) groups is 1. The molecule has 0 radical (unpaired) electrons. The lowest BCUT2D eigenvalue weighted by Gasteiger charge is -2.27. The molecule has 1 unspecified atom stereocenters. The average Bonchev–Trinajstić information content (AvgIpc) is 2.74. The van der Waals surface area contributed by atoms with Gasteiger partial charge in [-0.3, -0.25) is 4.79 Å². The van der Waals surface area contributed by atoms with Gasteiger partial charge in [0, 0.05) is 19.2 Å². The molecular formula is C18H28N2O. The molecule has 1 saturated carbocycles. The Balaban J connectivity index is 1.94. The summed E-state index contributed by atoms with van der Waals surface area (Å²) in [7, 11) is 1.91. The van der Waals surface area contributed by atoms with Gasteiger partial charge in [0.1, 0.15) is 0 Å². The van der Waals surface area contributed by atoms with E-state index in [-0.39, 0.29) is 11.9 Å². The van der Waals surface area contributed by atoms with Gasteiger partial charge in [-0.1, -0.05) is 37.8 Å². The van der Waals surface area contributed by atoms with Crippen LogP contribution in [-0.4, -0.2) is 17.9 Å². The van der Waals surface area contributed by atoms with Crippen molar-refractivity contribution in [3.63, 3.8) is 0 Å². The molecule has 2 rings (SSSR count). The molecule has 2 N–H and O–H groups in total. The molecule has 0 spiro atoms. The lowest BCUT2D eigenvalue weighted by atomic mass is 9.95. The number of nitrogens with two attached hydrogens (primary N) is 1. The monoisotopic (exact) mass is 288 g/mol. The van der Waals surface area contributed by atoms with E-state index < -0.39 is 0 Å². The number of nitrogen functional groups attached to an aromatic ring is 1. The highest BCUT2D eigenvalue weighted by molar-refractivity contribution is 5.76. The molecule has 0 aromatic heterocycles. The summed E-state index contributed by atoms with van der Waals surface area (Å²) in [6.07, 6.45) is 8.36. The van der Waals surface area contributed by atoms with Gasteiger partial charge < -0.3 is 10.6 Å². The maximum atomic E-state index is 12.5. The normalized spacial score (nSPS) is 18.0. The van der Waals surface area contributed by atoms with E-state index in [1.165, 1.54) is 38.5 Å². The number of benzene rings is 1. The van der Waals surface area contributed by atoms with Gasteiger partial charge in [-0.2, -0.15) is 0 Å². The molecule has 1 aliphatic carbocycles. The molecule has 0 heterocycles. The second kappa shape index (κ2) is 7.48. The summed E-state index contributed by atoms with van der Waals surface area (Å²) in [6.45, 7) is 2.07. The maximum absolute atomic E-state index is 12.5. The zero-order valence-corrected chi connectivity index (χ0v) is 13.3. The molecule has 3 nitrogen and oxygen atoms in total. The summed E-state index contributed by atoms with van der Waals surface area (Å²) >= 11 is 0. The third-order valence-electron chi connectivity index (χ3n) is 4.81. The Hall–Kier alpha value is -1.51. The highest BCUT2D eigenvalue weighted by atomic mass is 16.2. The van der Waals surface area contributed by atoms with Crippen molar-refractivity contribution in [2.75, 3.05) is 12.8 Å². The van der Waals surface area contributed by atoms with Crippen LogP contribution < -0.4 is 5.73 Å². The first-order chi connectivity index (χ1) is 10.1. The van der Waals surface area contributed by atoms with Gasteiger partial charge in [0.25, 0.3) is 0 Å². The average molecular weight is 288 g/mol. The van der Waals surface area contributed by atoms with E-state index in [9.17, 15) is 4.79 Å². The number of hydrogen-bond donors (Lipinski definition) is 1. The Morgan fingerprint density at radius 1 is 1.29 bits per heavy atom. The Morgan fingerprint density at radius 3 is 2.57 bits per heavy atom. The van der Waals surface area contributed by atoms with E-state index in [2.05, 4.69) is 6.92 Å². The second-order valence-electron chi connectivity index (χ2n) is 6.41. The molecule has 0 aliphatic heterocycles. The van der Waals surface area contributed by atoms with Crippen molar-refractivity contribution in [3.05, 3.63) is 29.8 Å². The standard InChI is InChI=1S/C18H28N2O/c1-14(16-10-7-11-17(19)13-16)20(2)18(21)12-15-8-5-3-4-6-9-15/h7,10-11,13-15H,3-6,8-9,12,19H2,1-2H3. The van der Waals surface area contributed by atoms with Crippen LogP contribution in [0.15, 0.2) is 24.3 Å². The van der Waals surface area contributed by atoms with E-state index in [0.29, 0.717) is 12.3 Å². The lowest BCUT2D eigenvalue weighted by Crippen LogP contribution is -2.31. The Kier molecular flexibility index (Phi) is 5.66. The van der Waals surface area contributed by atoms with Crippen LogP contribution in [-0.2, 0) is 4.79 Å². The molecule has 1 aliphatic rings. The van der Waals surface area contributed by atoms with E-state index in [1.807, 2.05) is 36.2 Å². The van der Waals surface area contributed by atoms with Crippen LogP contribution >= 0.6 is 0 Å². The van der Waals surface area contributed by atoms with Gasteiger partial charge >= 0.3 is 0 Å². The first kappa shape index (κ1) is 15.9. The number of anilines is 1. The van der Waals surface area contributed by atoms with E-state index in [4.69, 9.17) is 5.73 Å². The molecule has 1 aromatic rings. The van der Waals surface area contributed by atoms with E-state index >= 15 is 0 Å². The minimum Gasteiger partial charge on any atom is -0.399 e. The summed E-state index contributed by atoms with van der Waals surface area (Å²) in [5.74, 6) is 0.840. The highest BCUT2D eigenvalue weighted by Gasteiger charge is 2.22. The fourth-order valence-corrected chi connectivity index (χ4v) is 3.22. The molecule has 116 valence electrons. The van der Waals surface area contributed by atoms with Crippen LogP contribution in [0.4, 0.5) is 5.69 Å². The van der Waals surface area contributed by atoms with Crippen LogP contribution in [0.25, 0.3) is 0 Å². The fourth-order valence-electron chi connectivity index (χ4n) is 3.22. The van der Waals surface area contributed by atoms with Crippen molar-refractivity contribution in [3.8, 4) is 0 Å². The maximum Gasteiger partial charge on any atom is 0.223 e. The first-order valence-corrected chi connectivity index (χ1v) is 8.19. The van der Waals surface area contributed by atoms with Gasteiger partial charge in [-0.05, 0) is 43.4 Å². The number of nitrogens with zero attached hydrogens (tertiary/aromatic N) is 1. The van der Waals surface area contributed by atoms with Crippen molar-refractivity contribution >= 4 is 11.6 Å². The molecule has 0 bridgehead atoms. The summed E-state index contributed by atoms with van der Waals surface area (Å²) in [5.41, 5.74) is 7.69. The molecule has 1 aromatic carbocycles. The van der Waals surface area contributed by atoms with Gasteiger partial charge in [-0.25, -0.2) is 0 Å². The quantitative estimate of drug-likeness (QED) is 0.668. The van der Waals surface area contributed by atoms with Crippen molar-refractivity contribution in [2.45, 2.75) is 57.9 Å². The predicted molar refractivity (Wildman–Crippen MR) is 87.8 cm³/mol. The second-order valence-corrected chi connectivity index (χ2v) is 6.41. The van der Waals surface area contributed by atoms with Crippen LogP contribution in [0.2, 0.25) is 0 Å². The van der Waals surface area contributed by atoms with Crippen LogP contribution in [0.5, 0.6) is 0 Å². The molecule has 0 saturated heterocycles. The van der Waals surface area contributed by atoms with Crippen molar-refractivity contribution in [2.24, 2.45) is 5.92 Å². The lowest BCUT2D eigenvalue weighted by molar-refractivity contribution is -0.132. The van der Waals surface area contributed by atoms with E-state index in [0.717, 1.165) is 11.3 Å². The molecule has 1 atom stereocenters. The van der Waals surface area contributed by atoms with Crippen LogP contribution in [0.1, 0.15) is 63.5 Å². The van der Waals surface area contributed by atoms with Crippen LogP contribution in [0.3, 0.4) is 0 Å². The summed E-state index contributed by atoms with van der Waals surface area (Å²) in [6, 6.07) is 7.90. The highest BCUT2D eigenvalue weighted by Crippen LogP contribution is 2.28. The Labute approximate surface area is 128 Å². The fraction of sp³-hybridized carbons (Fsp3) is 0.611. The molecule has 21 heavy (non-hydrogen) atoms. The molecule has 1 fully saturated rings. The third kappa shape index (κ3) is 4.48. The minimum absolute atomic E-state index is 0.0757.